The zero-order chi connectivity index (χ0) is 19.7. The number of benzene rings is 2. The molecule has 1 unspecified atom stereocenters. The number of aliphatic hydroxyl groups excluding tert-OH is 1. The number of carbonyl (C=O) groups is 1. The molecular weight excluding hydrogens is 428 g/mol. The van der Waals surface area contributed by atoms with Crippen molar-refractivity contribution in [3.05, 3.63) is 66.2 Å². The van der Waals surface area contributed by atoms with Crippen LogP contribution in [0.5, 0.6) is 5.75 Å². The molecule has 0 aliphatic heterocycles. The van der Waals surface area contributed by atoms with Crippen molar-refractivity contribution in [3.8, 4) is 5.75 Å². The minimum absolute atomic E-state index is 0. The number of para-hydroxylation sites is 1. The fourth-order valence-electron chi connectivity index (χ4n) is 2.45. The van der Waals surface area contributed by atoms with Gasteiger partial charge >= 0.3 is 64.3 Å². The number of hydrogen-bond donors (Lipinski definition) is 1. The molecule has 0 heterocycles. The molecule has 0 aromatic heterocycles. The Morgan fingerprint density at radius 3 is 2.39 bits per heavy atom. The third kappa shape index (κ3) is 10.2. The Labute approximate surface area is 216 Å². The van der Waals surface area contributed by atoms with E-state index in [1.807, 2.05) is 75.4 Å². The van der Waals surface area contributed by atoms with Crippen LogP contribution in [-0.2, 0) is 11.2 Å². The summed E-state index contributed by atoms with van der Waals surface area (Å²) in [5.41, 5.74) is 0.500. The average molecular weight is 456 g/mol. The summed E-state index contributed by atoms with van der Waals surface area (Å²) in [6, 6.07) is 19.9. The van der Waals surface area contributed by atoms with Gasteiger partial charge in [-0.15, -0.1) is 0 Å². The molecule has 0 radical (unpaired) electrons. The van der Waals surface area contributed by atoms with E-state index in [1.165, 1.54) is 4.90 Å². The Balaban J connectivity index is 0.00000392. The van der Waals surface area contributed by atoms with E-state index in [1.54, 1.807) is 0 Å². The summed E-state index contributed by atoms with van der Waals surface area (Å²) >= 11 is 0. The summed E-state index contributed by atoms with van der Waals surface area (Å²) in [5.74, 6) is 0.681. The molecule has 0 aliphatic carbocycles. The monoisotopic (exact) mass is 455 g/mol. The van der Waals surface area contributed by atoms with Gasteiger partial charge in [0.1, 0.15) is 24.1 Å². The van der Waals surface area contributed by atoms with Crippen molar-refractivity contribution in [2.75, 3.05) is 19.7 Å². The largest absolute Gasteiger partial charge is 1.00 e. The Bertz CT molecular complexity index is 689. The first-order valence-electron chi connectivity index (χ1n) is 9.12. The molecule has 1 N–H and O–H groups in total. The van der Waals surface area contributed by atoms with Crippen LogP contribution < -0.4 is 62.9 Å². The van der Waals surface area contributed by atoms with Crippen molar-refractivity contribution in [2.45, 2.75) is 38.9 Å². The Hall–Kier alpha value is -0.725. The molecule has 1 amide bonds. The van der Waals surface area contributed by atoms with E-state index in [-0.39, 0.29) is 71.3 Å². The number of rotatable bonds is 8. The van der Waals surface area contributed by atoms with Crippen LogP contribution >= 0.6 is 0 Å². The average Bonchev–Trinajstić information content (AvgIpc) is 2.63. The van der Waals surface area contributed by atoms with Crippen molar-refractivity contribution in [2.24, 2.45) is 0 Å². The van der Waals surface area contributed by atoms with E-state index in [0.29, 0.717) is 18.7 Å². The maximum atomic E-state index is 12.5. The van der Waals surface area contributed by atoms with Gasteiger partial charge in [-0.3, -0.25) is 0 Å². The van der Waals surface area contributed by atoms with Crippen LogP contribution in [0.15, 0.2) is 54.6 Å². The minimum atomic E-state index is -0.818. The van der Waals surface area contributed by atoms with Gasteiger partial charge in [0.2, 0.25) is 0 Å². The summed E-state index contributed by atoms with van der Waals surface area (Å²) in [6.45, 7) is 6.16. The third-order valence-electron chi connectivity index (χ3n) is 3.73. The van der Waals surface area contributed by atoms with Gasteiger partial charge in [-0.05, 0) is 39.3 Å². The molecule has 2 rings (SSSR count). The van der Waals surface area contributed by atoms with Crippen molar-refractivity contribution < 1.29 is 77.6 Å². The smallest absolute Gasteiger partial charge is 0.491 e. The predicted octanol–water partition coefficient (Wildman–Crippen LogP) is 0.710. The normalized spacial score (nSPS) is 11.9. The number of amides is 1. The number of aliphatic hydroxyl groups is 1. The fraction of sp³-hybridized carbons (Fsp3) is 0.409. The maximum Gasteiger partial charge on any atom is 1.00 e. The molecule has 6 heteroatoms. The molecule has 1 atom stereocenters. The van der Waals surface area contributed by atoms with Gasteiger partial charge in [-0.1, -0.05) is 18.2 Å². The zero-order valence-electron chi connectivity index (χ0n) is 17.2. The van der Waals surface area contributed by atoms with Gasteiger partial charge in [-0.2, -0.15) is 35.9 Å². The first kappa shape index (κ1) is 25.3. The summed E-state index contributed by atoms with van der Waals surface area (Å²) < 4.78 is 11.1. The van der Waals surface area contributed by atoms with Gasteiger partial charge in [0.25, 0.3) is 0 Å². The first-order chi connectivity index (χ1) is 12.8. The van der Waals surface area contributed by atoms with Gasteiger partial charge in [0.15, 0.2) is 0 Å². The quantitative estimate of drug-likeness (QED) is 0.596. The molecule has 0 bridgehead atoms. The second-order valence-corrected chi connectivity index (χ2v) is 7.36. The summed E-state index contributed by atoms with van der Waals surface area (Å²) in [6.07, 6.45) is -0.592. The standard InChI is InChI=1S/C22H28NO4.Rb/c1-22(2,3)27-21(25)23(15-14-18-10-6-4-7-11-18)16-19(24)17-26-20-12-8-5-9-13-20;/h5-13,19,24H,14-17H2,1-3H3;/q-1;+1. The molecule has 0 fully saturated rings. The van der Waals surface area contributed by atoms with Crippen LogP contribution in [-0.4, -0.2) is 47.5 Å². The Morgan fingerprint density at radius 2 is 1.79 bits per heavy atom. The maximum absolute atomic E-state index is 12.5. The molecule has 0 saturated heterocycles. The predicted molar refractivity (Wildman–Crippen MR) is 105 cm³/mol. The summed E-state index contributed by atoms with van der Waals surface area (Å²) in [4.78, 5) is 14.1. The molecule has 0 saturated carbocycles. The van der Waals surface area contributed by atoms with Gasteiger partial charge in [0.05, 0.1) is 6.54 Å². The third-order valence-corrected chi connectivity index (χ3v) is 3.73. The van der Waals surface area contributed by atoms with Crippen molar-refractivity contribution in [3.63, 3.8) is 0 Å². The van der Waals surface area contributed by atoms with Gasteiger partial charge < -0.3 is 19.5 Å². The molecular formula is C22H28NO4Rb. The van der Waals surface area contributed by atoms with Crippen LogP contribution in [0, 0.1) is 6.07 Å². The summed E-state index contributed by atoms with van der Waals surface area (Å²) in [7, 11) is 0. The second-order valence-electron chi connectivity index (χ2n) is 7.36. The van der Waals surface area contributed by atoms with Crippen LogP contribution in [0.1, 0.15) is 26.3 Å². The fourth-order valence-corrected chi connectivity index (χ4v) is 2.45. The molecule has 2 aromatic carbocycles. The molecule has 0 aliphatic rings. The van der Waals surface area contributed by atoms with Crippen molar-refractivity contribution in [1.29, 1.82) is 0 Å². The minimum Gasteiger partial charge on any atom is -0.491 e. The first-order valence-corrected chi connectivity index (χ1v) is 9.12. The molecule has 0 spiro atoms. The SMILES string of the molecule is CC(C)(C)OC(=O)N(CCc1cc[c-]cc1)CC(O)COc1ccccc1.[Rb+]. The van der Waals surface area contributed by atoms with Crippen LogP contribution in [0.25, 0.3) is 0 Å². The number of nitrogens with zero attached hydrogens (tertiary/aromatic N) is 1. The van der Waals surface area contributed by atoms with E-state index < -0.39 is 17.8 Å². The van der Waals surface area contributed by atoms with E-state index in [0.717, 1.165) is 5.56 Å². The number of carbonyl (C=O) groups excluding carboxylic acids is 1. The molecule has 2 aromatic rings. The van der Waals surface area contributed by atoms with Gasteiger partial charge in [-0.25, -0.2) is 4.79 Å². The molecule has 146 valence electrons. The number of ether oxygens (including phenoxy) is 2. The van der Waals surface area contributed by atoms with Crippen molar-refractivity contribution >= 4 is 6.09 Å². The van der Waals surface area contributed by atoms with Gasteiger partial charge in [0, 0.05) is 6.54 Å². The second kappa shape index (κ2) is 12.8. The zero-order valence-corrected chi connectivity index (χ0v) is 22.1. The van der Waals surface area contributed by atoms with E-state index >= 15 is 0 Å². The van der Waals surface area contributed by atoms with E-state index in [4.69, 9.17) is 9.47 Å². The van der Waals surface area contributed by atoms with Crippen LogP contribution in [0.4, 0.5) is 4.79 Å². The van der Waals surface area contributed by atoms with Crippen LogP contribution in [0.2, 0.25) is 0 Å². The van der Waals surface area contributed by atoms with E-state index in [2.05, 4.69) is 6.07 Å². The molecule has 28 heavy (non-hydrogen) atoms. The molecule has 5 nitrogen and oxygen atoms in total. The van der Waals surface area contributed by atoms with Crippen LogP contribution in [0.3, 0.4) is 0 Å². The van der Waals surface area contributed by atoms with E-state index in [9.17, 15) is 9.90 Å². The Morgan fingerprint density at radius 1 is 1.14 bits per heavy atom. The number of hydrogen-bond acceptors (Lipinski definition) is 4. The topological polar surface area (TPSA) is 59.0 Å². The van der Waals surface area contributed by atoms with Crippen molar-refractivity contribution in [1.82, 2.24) is 4.90 Å². The summed E-state index contributed by atoms with van der Waals surface area (Å²) in [5, 5.41) is 10.3. The Kier molecular flexibility index (Phi) is 11.5.